The van der Waals surface area contributed by atoms with E-state index in [4.69, 9.17) is 5.84 Å². The summed E-state index contributed by atoms with van der Waals surface area (Å²) >= 11 is 0. The largest absolute Gasteiger partial charge is 0.271 e. The molecule has 0 saturated heterocycles. The number of nitrogens with two attached hydrogens (primary N) is 1. The van der Waals surface area contributed by atoms with Crippen LogP contribution in [-0.2, 0) is 0 Å². The first-order valence-corrected chi connectivity index (χ1v) is 7.48. The van der Waals surface area contributed by atoms with Crippen molar-refractivity contribution < 1.29 is 0 Å². The molecule has 0 heterocycles. The highest BCUT2D eigenvalue weighted by molar-refractivity contribution is 4.91. The quantitative estimate of drug-likeness (QED) is 0.571. The Bertz CT molecular complexity index is 244. The summed E-state index contributed by atoms with van der Waals surface area (Å²) in [7, 11) is 0. The van der Waals surface area contributed by atoms with Crippen LogP contribution in [0.3, 0.4) is 0 Å². The number of hydrogen-bond donors (Lipinski definition) is 2. The lowest BCUT2D eigenvalue weighted by Gasteiger charge is -2.45. The molecule has 0 aromatic rings. The van der Waals surface area contributed by atoms with Gasteiger partial charge in [0.2, 0.25) is 0 Å². The molecule has 100 valence electrons. The van der Waals surface area contributed by atoms with E-state index < -0.39 is 0 Å². The van der Waals surface area contributed by atoms with Gasteiger partial charge in [0, 0.05) is 6.04 Å². The molecular weight excluding hydrogens is 208 g/mol. The van der Waals surface area contributed by atoms with Crippen LogP contribution in [0.1, 0.15) is 65.7 Å². The Morgan fingerprint density at radius 1 is 1.00 bits per heavy atom. The fraction of sp³-hybridized carbons (Fsp3) is 1.00. The minimum Gasteiger partial charge on any atom is -0.271 e. The summed E-state index contributed by atoms with van der Waals surface area (Å²) in [6.45, 7) is 6.93. The van der Waals surface area contributed by atoms with Crippen LogP contribution in [0.25, 0.3) is 0 Å². The van der Waals surface area contributed by atoms with E-state index >= 15 is 0 Å². The molecule has 0 bridgehead atoms. The summed E-state index contributed by atoms with van der Waals surface area (Å²) < 4.78 is 0. The summed E-state index contributed by atoms with van der Waals surface area (Å²) in [4.78, 5) is 0. The van der Waals surface area contributed by atoms with Crippen molar-refractivity contribution in [1.29, 1.82) is 0 Å². The van der Waals surface area contributed by atoms with Crippen LogP contribution >= 0.6 is 0 Å². The molecule has 0 amide bonds. The lowest BCUT2D eigenvalue weighted by Crippen LogP contribution is -2.51. The molecule has 2 rings (SSSR count). The fourth-order valence-corrected chi connectivity index (χ4v) is 4.31. The molecule has 4 unspecified atom stereocenters. The standard InChI is InChI=1S/C15H30N2/c1-15(2,3)14(17-16)13-9-8-11-6-4-5-7-12(11)10-13/h11-14,17H,4-10,16H2,1-3H3. The molecule has 2 aliphatic carbocycles. The third-order valence-corrected chi connectivity index (χ3v) is 5.16. The molecule has 2 aliphatic rings. The van der Waals surface area contributed by atoms with Gasteiger partial charge in [-0.2, -0.15) is 0 Å². The number of rotatable bonds is 2. The zero-order chi connectivity index (χ0) is 12.5. The van der Waals surface area contributed by atoms with Crippen LogP contribution in [0.4, 0.5) is 0 Å². The Morgan fingerprint density at radius 3 is 2.24 bits per heavy atom. The molecule has 3 N–H and O–H groups in total. The van der Waals surface area contributed by atoms with Gasteiger partial charge in [-0.1, -0.05) is 46.5 Å². The second kappa shape index (κ2) is 5.27. The SMILES string of the molecule is CC(C)(C)C(NN)C1CCC2CCCCC2C1. The van der Waals surface area contributed by atoms with Crippen LogP contribution < -0.4 is 11.3 Å². The Labute approximate surface area is 107 Å². The first-order valence-electron chi connectivity index (χ1n) is 7.48. The molecule has 0 aliphatic heterocycles. The second-order valence-corrected chi connectivity index (χ2v) is 7.39. The molecule has 4 atom stereocenters. The average molecular weight is 238 g/mol. The highest BCUT2D eigenvalue weighted by Crippen LogP contribution is 2.45. The Hall–Kier alpha value is -0.0800. The van der Waals surface area contributed by atoms with Gasteiger partial charge < -0.3 is 0 Å². The van der Waals surface area contributed by atoms with Crippen molar-refractivity contribution in [1.82, 2.24) is 5.43 Å². The molecule has 0 aromatic carbocycles. The molecule has 2 fully saturated rings. The fourth-order valence-electron chi connectivity index (χ4n) is 4.31. The lowest BCUT2D eigenvalue weighted by molar-refractivity contribution is 0.0762. The third-order valence-electron chi connectivity index (χ3n) is 5.16. The van der Waals surface area contributed by atoms with Gasteiger partial charge in [0.25, 0.3) is 0 Å². The molecular formula is C15H30N2. The molecule has 2 nitrogen and oxygen atoms in total. The minimum absolute atomic E-state index is 0.279. The lowest BCUT2D eigenvalue weighted by atomic mass is 9.63. The topological polar surface area (TPSA) is 38.0 Å². The van der Waals surface area contributed by atoms with Crippen molar-refractivity contribution >= 4 is 0 Å². The van der Waals surface area contributed by atoms with Crippen molar-refractivity contribution in [3.8, 4) is 0 Å². The number of hydrazine groups is 1. The van der Waals surface area contributed by atoms with Gasteiger partial charge >= 0.3 is 0 Å². The van der Waals surface area contributed by atoms with E-state index in [1.54, 1.807) is 0 Å². The zero-order valence-electron chi connectivity index (χ0n) is 11.8. The molecule has 0 spiro atoms. The maximum atomic E-state index is 5.81. The maximum absolute atomic E-state index is 5.81. The van der Waals surface area contributed by atoms with E-state index in [-0.39, 0.29) is 5.41 Å². The predicted octanol–water partition coefficient (Wildman–Crippen LogP) is 3.47. The Balaban J connectivity index is 1.98. The van der Waals surface area contributed by atoms with Crippen LogP contribution in [0.5, 0.6) is 0 Å². The molecule has 0 aromatic heterocycles. The van der Waals surface area contributed by atoms with Gasteiger partial charge in [-0.05, 0) is 42.4 Å². The van der Waals surface area contributed by atoms with Crippen molar-refractivity contribution in [2.75, 3.05) is 0 Å². The molecule has 2 saturated carbocycles. The van der Waals surface area contributed by atoms with Crippen LogP contribution in [-0.4, -0.2) is 6.04 Å². The summed E-state index contributed by atoms with van der Waals surface area (Å²) in [5, 5.41) is 0. The van der Waals surface area contributed by atoms with Gasteiger partial charge in [-0.3, -0.25) is 11.3 Å². The van der Waals surface area contributed by atoms with Crippen molar-refractivity contribution in [2.45, 2.75) is 71.8 Å². The normalized spacial score (nSPS) is 36.4. The predicted molar refractivity (Wildman–Crippen MR) is 73.4 cm³/mol. The van der Waals surface area contributed by atoms with Crippen molar-refractivity contribution in [2.24, 2.45) is 29.0 Å². The molecule has 2 heteroatoms. The van der Waals surface area contributed by atoms with E-state index in [9.17, 15) is 0 Å². The number of fused-ring (bicyclic) bond motifs is 1. The van der Waals surface area contributed by atoms with E-state index in [2.05, 4.69) is 26.2 Å². The van der Waals surface area contributed by atoms with Crippen LogP contribution in [0.2, 0.25) is 0 Å². The Kier molecular flexibility index (Phi) is 4.14. The molecule has 17 heavy (non-hydrogen) atoms. The van der Waals surface area contributed by atoms with E-state index in [0.717, 1.165) is 17.8 Å². The number of nitrogens with one attached hydrogen (secondary N) is 1. The maximum Gasteiger partial charge on any atom is 0.0287 e. The monoisotopic (exact) mass is 238 g/mol. The van der Waals surface area contributed by atoms with Gasteiger partial charge in [-0.15, -0.1) is 0 Å². The summed E-state index contributed by atoms with van der Waals surface area (Å²) in [6.07, 6.45) is 10.2. The highest BCUT2D eigenvalue weighted by atomic mass is 15.2. The van der Waals surface area contributed by atoms with E-state index in [1.807, 2.05) is 0 Å². The third kappa shape index (κ3) is 3.03. The minimum atomic E-state index is 0.279. The Morgan fingerprint density at radius 2 is 1.65 bits per heavy atom. The van der Waals surface area contributed by atoms with Gasteiger partial charge in [0.1, 0.15) is 0 Å². The van der Waals surface area contributed by atoms with E-state index in [1.165, 1.54) is 44.9 Å². The second-order valence-electron chi connectivity index (χ2n) is 7.39. The highest BCUT2D eigenvalue weighted by Gasteiger charge is 2.38. The smallest absolute Gasteiger partial charge is 0.0287 e. The summed E-state index contributed by atoms with van der Waals surface area (Å²) in [5.41, 5.74) is 3.39. The van der Waals surface area contributed by atoms with Gasteiger partial charge in [-0.25, -0.2) is 0 Å². The number of hydrogen-bond acceptors (Lipinski definition) is 2. The van der Waals surface area contributed by atoms with Crippen LogP contribution in [0, 0.1) is 23.2 Å². The zero-order valence-corrected chi connectivity index (χ0v) is 11.8. The first kappa shape index (κ1) is 13.4. The van der Waals surface area contributed by atoms with Gasteiger partial charge in [0.15, 0.2) is 0 Å². The summed E-state index contributed by atoms with van der Waals surface area (Å²) in [5.74, 6) is 8.64. The van der Waals surface area contributed by atoms with Crippen molar-refractivity contribution in [3.05, 3.63) is 0 Å². The van der Waals surface area contributed by atoms with E-state index in [0.29, 0.717) is 6.04 Å². The molecule has 0 radical (unpaired) electrons. The van der Waals surface area contributed by atoms with Gasteiger partial charge in [0.05, 0.1) is 0 Å². The van der Waals surface area contributed by atoms with Crippen LogP contribution in [0.15, 0.2) is 0 Å². The first-order chi connectivity index (χ1) is 8.02. The van der Waals surface area contributed by atoms with Crippen molar-refractivity contribution in [3.63, 3.8) is 0 Å². The average Bonchev–Trinajstić information content (AvgIpc) is 2.28. The summed E-state index contributed by atoms with van der Waals surface area (Å²) in [6, 6.07) is 0.477.